The van der Waals surface area contributed by atoms with Crippen molar-refractivity contribution in [2.45, 2.75) is 0 Å². The number of Topliss-reactive ketones (excluding diaryl/α,β-unsaturated/α-hetero) is 1. The van der Waals surface area contributed by atoms with Gasteiger partial charge in [-0.25, -0.2) is 0 Å². The SMILES string of the molecule is O=CC(=O)c1ccoc1. The van der Waals surface area contributed by atoms with Gasteiger partial charge in [0.25, 0.3) is 0 Å². The lowest BCUT2D eigenvalue weighted by Gasteiger charge is -1.77. The average Bonchev–Trinajstić information content (AvgIpc) is 2.37. The first-order valence-corrected chi connectivity index (χ1v) is 2.36. The molecule has 3 nitrogen and oxygen atoms in total. The van der Waals surface area contributed by atoms with Crippen molar-refractivity contribution >= 4 is 12.1 Å². The van der Waals surface area contributed by atoms with Crippen molar-refractivity contribution in [3.63, 3.8) is 0 Å². The lowest BCUT2D eigenvalue weighted by atomic mass is 10.2. The number of aldehydes is 1. The molecule has 1 heterocycles. The van der Waals surface area contributed by atoms with Gasteiger partial charge >= 0.3 is 0 Å². The van der Waals surface area contributed by atoms with Crippen LogP contribution < -0.4 is 0 Å². The van der Waals surface area contributed by atoms with E-state index in [1.807, 2.05) is 0 Å². The maximum absolute atomic E-state index is 10.4. The van der Waals surface area contributed by atoms with Crippen LogP contribution in [0, 0.1) is 0 Å². The molecule has 0 radical (unpaired) electrons. The first-order valence-electron chi connectivity index (χ1n) is 2.36. The van der Waals surface area contributed by atoms with Gasteiger partial charge in [-0.05, 0) is 6.07 Å². The van der Waals surface area contributed by atoms with E-state index < -0.39 is 5.78 Å². The molecular formula is C6H4O3. The van der Waals surface area contributed by atoms with E-state index in [2.05, 4.69) is 4.42 Å². The lowest BCUT2D eigenvalue weighted by molar-refractivity contribution is -0.104. The maximum Gasteiger partial charge on any atom is 0.228 e. The molecule has 1 rings (SSSR count). The molecule has 0 aliphatic heterocycles. The molecule has 1 aromatic heterocycles. The third-order valence-electron chi connectivity index (χ3n) is 0.913. The summed E-state index contributed by atoms with van der Waals surface area (Å²) in [7, 11) is 0. The lowest BCUT2D eigenvalue weighted by Crippen LogP contribution is -1.95. The van der Waals surface area contributed by atoms with Crippen LogP contribution in [0.25, 0.3) is 0 Å². The fourth-order valence-corrected chi connectivity index (χ4v) is 0.473. The normalized spacial score (nSPS) is 8.89. The third kappa shape index (κ3) is 1.05. The maximum atomic E-state index is 10.4. The van der Waals surface area contributed by atoms with Crippen LogP contribution in [0.5, 0.6) is 0 Å². The van der Waals surface area contributed by atoms with Crippen molar-refractivity contribution in [1.82, 2.24) is 0 Å². The molecule has 1 aromatic rings. The minimum absolute atomic E-state index is 0.255. The zero-order valence-corrected chi connectivity index (χ0v) is 4.53. The van der Waals surface area contributed by atoms with Crippen molar-refractivity contribution in [3.05, 3.63) is 24.2 Å². The fourth-order valence-electron chi connectivity index (χ4n) is 0.473. The molecule has 0 aliphatic carbocycles. The minimum Gasteiger partial charge on any atom is -0.472 e. The quantitative estimate of drug-likeness (QED) is 0.330. The molecule has 0 aliphatic rings. The molecule has 0 fully saturated rings. The number of hydrogen-bond donors (Lipinski definition) is 0. The Labute approximate surface area is 51.3 Å². The van der Waals surface area contributed by atoms with Gasteiger partial charge < -0.3 is 4.42 Å². The minimum atomic E-state index is -0.552. The fraction of sp³-hybridized carbons (Fsp3) is 0. The summed E-state index contributed by atoms with van der Waals surface area (Å²) in [5, 5.41) is 0. The second-order valence-corrected chi connectivity index (χ2v) is 1.49. The number of furan rings is 1. The summed E-state index contributed by atoms with van der Waals surface area (Å²) in [6.45, 7) is 0. The molecule has 0 spiro atoms. The molecule has 0 unspecified atom stereocenters. The molecule has 0 saturated heterocycles. The van der Waals surface area contributed by atoms with Gasteiger partial charge in [0.1, 0.15) is 6.26 Å². The van der Waals surface area contributed by atoms with Crippen LogP contribution in [0.3, 0.4) is 0 Å². The van der Waals surface area contributed by atoms with E-state index in [4.69, 9.17) is 0 Å². The first kappa shape index (κ1) is 5.75. The van der Waals surface area contributed by atoms with Crippen molar-refractivity contribution in [2.24, 2.45) is 0 Å². The molecule has 0 N–H and O–H groups in total. The summed E-state index contributed by atoms with van der Waals surface area (Å²) in [6, 6.07) is 1.44. The Morgan fingerprint density at radius 3 is 2.89 bits per heavy atom. The first-order chi connectivity index (χ1) is 4.34. The van der Waals surface area contributed by atoms with Gasteiger partial charge in [0.2, 0.25) is 5.78 Å². The monoisotopic (exact) mass is 124 g/mol. The highest BCUT2D eigenvalue weighted by molar-refractivity contribution is 6.33. The summed E-state index contributed by atoms with van der Waals surface area (Å²) < 4.78 is 4.56. The number of hydrogen-bond acceptors (Lipinski definition) is 3. The van der Waals surface area contributed by atoms with E-state index in [0.717, 1.165) is 0 Å². The van der Waals surface area contributed by atoms with Crippen molar-refractivity contribution in [3.8, 4) is 0 Å². The Morgan fingerprint density at radius 2 is 2.44 bits per heavy atom. The zero-order chi connectivity index (χ0) is 6.69. The molecule has 9 heavy (non-hydrogen) atoms. The van der Waals surface area contributed by atoms with E-state index in [1.54, 1.807) is 0 Å². The molecule has 3 heteroatoms. The van der Waals surface area contributed by atoms with Gasteiger partial charge in [-0.1, -0.05) is 0 Å². The van der Waals surface area contributed by atoms with Crippen LogP contribution in [0.2, 0.25) is 0 Å². The third-order valence-corrected chi connectivity index (χ3v) is 0.913. The van der Waals surface area contributed by atoms with Crippen LogP contribution in [-0.4, -0.2) is 12.1 Å². The average molecular weight is 124 g/mol. The van der Waals surface area contributed by atoms with Gasteiger partial charge in [0, 0.05) is 0 Å². The molecule has 0 bridgehead atoms. The van der Waals surface area contributed by atoms with E-state index in [-0.39, 0.29) is 6.29 Å². The van der Waals surface area contributed by atoms with Gasteiger partial charge in [-0.2, -0.15) is 0 Å². The summed E-state index contributed by atoms with van der Waals surface area (Å²) >= 11 is 0. The van der Waals surface area contributed by atoms with E-state index >= 15 is 0 Å². The second kappa shape index (κ2) is 2.26. The van der Waals surface area contributed by atoms with Crippen LogP contribution in [-0.2, 0) is 4.79 Å². The van der Waals surface area contributed by atoms with Crippen LogP contribution in [0.15, 0.2) is 23.0 Å². The van der Waals surface area contributed by atoms with Gasteiger partial charge in [0.05, 0.1) is 11.8 Å². The van der Waals surface area contributed by atoms with E-state index in [9.17, 15) is 9.59 Å². The number of ketones is 1. The number of carbonyl (C=O) groups excluding carboxylic acids is 2. The molecule has 0 amide bonds. The van der Waals surface area contributed by atoms with Crippen molar-refractivity contribution in [1.29, 1.82) is 0 Å². The largest absolute Gasteiger partial charge is 0.472 e. The van der Waals surface area contributed by atoms with Gasteiger partial charge in [-0.15, -0.1) is 0 Å². The van der Waals surface area contributed by atoms with E-state index in [1.165, 1.54) is 18.6 Å². The van der Waals surface area contributed by atoms with Crippen LogP contribution in [0.4, 0.5) is 0 Å². The predicted molar refractivity (Wildman–Crippen MR) is 29.1 cm³/mol. The topological polar surface area (TPSA) is 47.3 Å². The standard InChI is InChI=1S/C6H4O3/c7-3-6(8)5-1-2-9-4-5/h1-4H. The predicted octanol–water partition coefficient (Wildman–Crippen LogP) is 0.661. The summed E-state index contributed by atoms with van der Waals surface area (Å²) in [5.41, 5.74) is 0.296. The second-order valence-electron chi connectivity index (χ2n) is 1.49. The summed E-state index contributed by atoms with van der Waals surface area (Å²) in [6.07, 6.45) is 2.83. The highest BCUT2D eigenvalue weighted by Crippen LogP contribution is 1.98. The van der Waals surface area contributed by atoms with Gasteiger partial charge in [0.15, 0.2) is 6.29 Å². The summed E-state index contributed by atoms with van der Waals surface area (Å²) in [4.78, 5) is 20.3. The molecule has 0 aromatic carbocycles. The Morgan fingerprint density at radius 1 is 1.67 bits per heavy atom. The molecular weight excluding hydrogens is 120 g/mol. The smallest absolute Gasteiger partial charge is 0.228 e. The number of carbonyl (C=O) groups is 2. The molecule has 46 valence electrons. The van der Waals surface area contributed by atoms with Crippen molar-refractivity contribution < 1.29 is 14.0 Å². The Hall–Kier alpha value is -1.38. The highest BCUT2D eigenvalue weighted by Gasteiger charge is 2.02. The van der Waals surface area contributed by atoms with Crippen LogP contribution >= 0.6 is 0 Å². The highest BCUT2D eigenvalue weighted by atomic mass is 16.3. The zero-order valence-electron chi connectivity index (χ0n) is 4.53. The number of rotatable bonds is 2. The molecule has 0 atom stereocenters. The van der Waals surface area contributed by atoms with Gasteiger partial charge in [-0.3, -0.25) is 9.59 Å². The van der Waals surface area contributed by atoms with Crippen LogP contribution in [0.1, 0.15) is 10.4 Å². The molecule has 0 saturated carbocycles. The van der Waals surface area contributed by atoms with Crippen molar-refractivity contribution in [2.75, 3.05) is 0 Å². The van der Waals surface area contributed by atoms with E-state index in [0.29, 0.717) is 5.56 Å². The summed E-state index contributed by atoms with van der Waals surface area (Å²) in [5.74, 6) is -0.552. The Balaban J connectivity index is 2.89. The Bertz CT molecular complexity index is 210. The Kier molecular flexibility index (Phi) is 1.44.